The van der Waals surface area contributed by atoms with Gasteiger partial charge in [0.25, 0.3) is 12.0 Å². The molecular formula is C17H28N2O6Si. The number of aromatic nitrogens is 2. The first-order valence-electron chi connectivity index (χ1n) is 8.67. The van der Waals surface area contributed by atoms with Crippen molar-refractivity contribution in [1.29, 1.82) is 0 Å². The van der Waals surface area contributed by atoms with Crippen molar-refractivity contribution in [2.24, 2.45) is 0 Å². The Morgan fingerprint density at radius 3 is 2.62 bits per heavy atom. The van der Waals surface area contributed by atoms with E-state index in [1.807, 2.05) is 0 Å². The molecule has 2 rings (SSSR count). The van der Waals surface area contributed by atoms with E-state index in [9.17, 15) is 14.4 Å². The predicted molar refractivity (Wildman–Crippen MR) is 98.7 cm³/mol. The molecule has 0 aliphatic carbocycles. The molecule has 146 valence electrons. The van der Waals surface area contributed by atoms with E-state index in [4.69, 9.17) is 13.9 Å². The van der Waals surface area contributed by atoms with E-state index in [2.05, 4.69) is 38.8 Å². The summed E-state index contributed by atoms with van der Waals surface area (Å²) in [7, 11) is -1.99. The van der Waals surface area contributed by atoms with Gasteiger partial charge in [-0.15, -0.1) is 0 Å². The summed E-state index contributed by atoms with van der Waals surface area (Å²) in [5.41, 5.74) is -0.578. The zero-order chi connectivity index (χ0) is 19.7. The van der Waals surface area contributed by atoms with Crippen LogP contribution < -0.4 is 11.2 Å². The summed E-state index contributed by atoms with van der Waals surface area (Å²) in [4.78, 5) is 36.7. The Hall–Kier alpha value is -1.71. The van der Waals surface area contributed by atoms with E-state index < -0.39 is 38.0 Å². The fourth-order valence-corrected chi connectivity index (χ4v) is 3.56. The summed E-state index contributed by atoms with van der Waals surface area (Å²) in [6.45, 7) is 13.0. The first-order valence-corrected chi connectivity index (χ1v) is 11.6. The summed E-state index contributed by atoms with van der Waals surface area (Å²) in [5, 5.41) is 0.0407. The number of rotatable bonds is 6. The van der Waals surface area contributed by atoms with E-state index in [1.54, 1.807) is 6.92 Å². The molecule has 9 heteroatoms. The molecule has 1 aromatic heterocycles. The number of aryl methyl sites for hydroxylation is 1. The number of aromatic amines is 1. The van der Waals surface area contributed by atoms with Gasteiger partial charge >= 0.3 is 5.69 Å². The Labute approximate surface area is 153 Å². The summed E-state index contributed by atoms with van der Waals surface area (Å²) >= 11 is 0. The molecule has 1 fully saturated rings. The maximum Gasteiger partial charge on any atom is 0.330 e. The Kier molecular flexibility index (Phi) is 5.94. The largest absolute Gasteiger partial charge is 0.462 e. The Morgan fingerprint density at radius 1 is 1.38 bits per heavy atom. The lowest BCUT2D eigenvalue weighted by atomic mass is 10.2. The van der Waals surface area contributed by atoms with Gasteiger partial charge in [-0.3, -0.25) is 19.1 Å². The van der Waals surface area contributed by atoms with Crippen LogP contribution in [-0.2, 0) is 18.7 Å². The van der Waals surface area contributed by atoms with Gasteiger partial charge in [-0.1, -0.05) is 20.8 Å². The summed E-state index contributed by atoms with van der Waals surface area (Å²) < 4.78 is 18.6. The molecule has 3 atom stereocenters. The van der Waals surface area contributed by atoms with Gasteiger partial charge in [-0.25, -0.2) is 4.79 Å². The summed E-state index contributed by atoms with van der Waals surface area (Å²) in [5.74, 6) is 0. The molecule has 0 spiro atoms. The maximum atomic E-state index is 12.1. The van der Waals surface area contributed by atoms with Crippen LogP contribution in [0.5, 0.6) is 0 Å². The molecule has 0 bridgehead atoms. The average Bonchev–Trinajstić information content (AvgIpc) is 2.91. The van der Waals surface area contributed by atoms with Gasteiger partial charge in [0.1, 0.15) is 18.4 Å². The molecule has 0 amide bonds. The highest BCUT2D eigenvalue weighted by molar-refractivity contribution is 6.74. The fourth-order valence-electron chi connectivity index (χ4n) is 2.54. The molecule has 1 aliphatic rings. The molecule has 1 aromatic rings. The van der Waals surface area contributed by atoms with E-state index in [0.29, 0.717) is 18.5 Å². The number of nitrogens with one attached hydrogen (secondary N) is 1. The monoisotopic (exact) mass is 384 g/mol. The van der Waals surface area contributed by atoms with Crippen LogP contribution in [-0.4, -0.2) is 43.2 Å². The van der Waals surface area contributed by atoms with Gasteiger partial charge in [0.15, 0.2) is 8.32 Å². The highest BCUT2D eigenvalue weighted by Crippen LogP contribution is 2.38. The Bertz CT molecular complexity index is 764. The van der Waals surface area contributed by atoms with Crippen molar-refractivity contribution in [3.05, 3.63) is 32.6 Å². The summed E-state index contributed by atoms with van der Waals surface area (Å²) in [6, 6.07) is 0. The lowest BCUT2D eigenvalue weighted by Crippen LogP contribution is -2.44. The normalized spacial score (nSPS) is 23.8. The molecule has 2 heterocycles. The number of H-pyrrole nitrogens is 1. The van der Waals surface area contributed by atoms with E-state index in [0.717, 1.165) is 0 Å². The Balaban J connectivity index is 2.18. The third-order valence-corrected chi connectivity index (χ3v) is 9.78. The van der Waals surface area contributed by atoms with Crippen LogP contribution in [0.25, 0.3) is 0 Å². The van der Waals surface area contributed by atoms with Gasteiger partial charge in [-0.05, 0) is 25.1 Å². The van der Waals surface area contributed by atoms with Gasteiger partial charge < -0.3 is 13.9 Å². The van der Waals surface area contributed by atoms with Crippen molar-refractivity contribution in [2.75, 3.05) is 6.61 Å². The van der Waals surface area contributed by atoms with Crippen molar-refractivity contribution < 1.29 is 18.7 Å². The predicted octanol–water partition coefficient (Wildman–Crippen LogP) is 1.70. The minimum absolute atomic E-state index is 0.0407. The minimum Gasteiger partial charge on any atom is -0.462 e. The van der Waals surface area contributed by atoms with E-state index >= 15 is 0 Å². The van der Waals surface area contributed by atoms with E-state index in [-0.39, 0.29) is 11.6 Å². The fraction of sp³-hybridized carbons (Fsp3) is 0.706. The quantitative estimate of drug-likeness (QED) is 0.592. The van der Waals surface area contributed by atoms with Crippen molar-refractivity contribution in [3.8, 4) is 0 Å². The minimum atomic E-state index is -1.99. The van der Waals surface area contributed by atoms with Gasteiger partial charge in [0, 0.05) is 18.2 Å². The first kappa shape index (κ1) is 20.6. The van der Waals surface area contributed by atoms with Crippen LogP contribution in [0.3, 0.4) is 0 Å². The molecule has 1 N–H and O–H groups in total. The highest BCUT2D eigenvalue weighted by Gasteiger charge is 2.42. The van der Waals surface area contributed by atoms with Crippen LogP contribution in [0, 0.1) is 6.92 Å². The van der Waals surface area contributed by atoms with Gasteiger partial charge in [0.05, 0.1) is 6.61 Å². The molecule has 0 radical (unpaired) electrons. The lowest BCUT2D eigenvalue weighted by molar-refractivity contribution is -0.137. The molecule has 1 saturated heterocycles. The Morgan fingerprint density at radius 2 is 2.04 bits per heavy atom. The third-order valence-electron chi connectivity index (χ3n) is 5.28. The van der Waals surface area contributed by atoms with Crippen molar-refractivity contribution in [2.45, 2.75) is 70.7 Å². The van der Waals surface area contributed by atoms with Crippen LogP contribution in [0.1, 0.15) is 39.0 Å². The van der Waals surface area contributed by atoms with E-state index in [1.165, 1.54) is 10.8 Å². The first-order chi connectivity index (χ1) is 12.0. The second-order valence-corrected chi connectivity index (χ2v) is 13.0. The maximum absolute atomic E-state index is 12.1. The lowest BCUT2D eigenvalue weighted by Gasteiger charge is -2.37. The van der Waals surface area contributed by atoms with Gasteiger partial charge in [-0.2, -0.15) is 0 Å². The topological polar surface area (TPSA) is 99.6 Å². The van der Waals surface area contributed by atoms with Crippen molar-refractivity contribution in [3.63, 3.8) is 0 Å². The number of carbonyl (C=O) groups excluding carboxylic acids is 1. The summed E-state index contributed by atoms with van der Waals surface area (Å²) in [6.07, 6.45) is 0.159. The zero-order valence-electron chi connectivity index (χ0n) is 16.2. The number of hydrogen-bond acceptors (Lipinski definition) is 6. The standard InChI is InChI=1S/C17H28N2O6Si/c1-11-8-19(16(22)18-15(11)21)14-7-12(23-10-20)13(25-14)9-24-26(5,6)17(2,3)4/h8,10,12-14H,7,9H2,1-6H3,(H,18,21,22)/t12-,13?,14+/m0/s1. The molecule has 1 unspecified atom stereocenters. The smallest absolute Gasteiger partial charge is 0.330 e. The molecule has 26 heavy (non-hydrogen) atoms. The number of hydrogen-bond donors (Lipinski definition) is 1. The average molecular weight is 385 g/mol. The van der Waals surface area contributed by atoms with Crippen LogP contribution in [0.2, 0.25) is 18.1 Å². The molecule has 8 nitrogen and oxygen atoms in total. The van der Waals surface area contributed by atoms with Gasteiger partial charge in [0.2, 0.25) is 0 Å². The SMILES string of the molecule is Cc1cn([C@H]2C[C@H](OC=O)C(CO[Si](C)(C)C(C)(C)C)O2)c(=O)[nH]c1=O. The van der Waals surface area contributed by atoms with Crippen LogP contribution in [0.15, 0.2) is 15.8 Å². The second kappa shape index (κ2) is 7.49. The second-order valence-electron chi connectivity index (χ2n) is 8.19. The molecule has 1 aliphatic heterocycles. The highest BCUT2D eigenvalue weighted by atomic mass is 28.4. The van der Waals surface area contributed by atoms with Crippen molar-refractivity contribution in [1.82, 2.24) is 9.55 Å². The number of nitrogens with zero attached hydrogens (tertiary/aromatic N) is 1. The van der Waals surface area contributed by atoms with Crippen LogP contribution in [0.4, 0.5) is 0 Å². The van der Waals surface area contributed by atoms with Crippen LogP contribution >= 0.6 is 0 Å². The van der Waals surface area contributed by atoms with Crippen molar-refractivity contribution >= 4 is 14.8 Å². The number of carbonyl (C=O) groups is 1. The number of ether oxygens (including phenoxy) is 2. The molecule has 0 saturated carbocycles. The zero-order valence-corrected chi connectivity index (χ0v) is 17.2. The molecular weight excluding hydrogens is 356 g/mol. The third kappa shape index (κ3) is 4.33. The molecule has 0 aromatic carbocycles.